The third kappa shape index (κ3) is 3.08. The van der Waals surface area contributed by atoms with Gasteiger partial charge in [-0.2, -0.15) is 0 Å². The quantitative estimate of drug-likeness (QED) is 0.839. The van der Waals surface area contributed by atoms with Gasteiger partial charge in [0.15, 0.2) is 0 Å². The maximum Gasteiger partial charge on any atom is 0.255 e. The Morgan fingerprint density at radius 3 is 2.50 bits per heavy atom. The molecule has 0 aliphatic heterocycles. The largest absolute Gasteiger partial charge is 0.398 e. The molecule has 1 amide bonds. The lowest BCUT2D eigenvalue weighted by Gasteiger charge is -2.19. The third-order valence-electron chi connectivity index (χ3n) is 3.38. The van der Waals surface area contributed by atoms with Crippen LogP contribution < -0.4 is 5.73 Å². The Balaban J connectivity index is 2.27. The number of benzene rings is 2. The first-order valence-corrected chi connectivity index (χ1v) is 6.71. The number of hydrogen-bond donors (Lipinski definition) is 2. The lowest BCUT2D eigenvalue weighted by Crippen LogP contribution is -2.30. The van der Waals surface area contributed by atoms with Crippen molar-refractivity contribution in [3.63, 3.8) is 0 Å². The van der Waals surface area contributed by atoms with Crippen LogP contribution in [0.4, 0.5) is 5.69 Å². The fourth-order valence-electron chi connectivity index (χ4n) is 2.13. The van der Waals surface area contributed by atoms with E-state index in [4.69, 9.17) is 5.73 Å². The van der Waals surface area contributed by atoms with Crippen molar-refractivity contribution in [1.82, 2.24) is 4.90 Å². The van der Waals surface area contributed by atoms with Crippen LogP contribution in [0.25, 0.3) is 10.8 Å². The topological polar surface area (TPSA) is 66.6 Å². The molecule has 0 fully saturated rings. The standard InChI is InChI=1S/C16H20N2O2/c1-11(19)7-8-18(2)16(20)14-9-12-5-3-4-6-13(12)10-15(14)17/h3-6,9-11,19H,7-8,17H2,1-2H3. The molecule has 4 heteroatoms. The number of anilines is 1. The van der Waals surface area contributed by atoms with Crippen LogP contribution >= 0.6 is 0 Å². The minimum absolute atomic E-state index is 0.117. The highest BCUT2D eigenvalue weighted by molar-refractivity contribution is 6.03. The first-order valence-electron chi connectivity index (χ1n) is 6.71. The predicted molar refractivity (Wildman–Crippen MR) is 81.6 cm³/mol. The number of amides is 1. The number of fused-ring (bicyclic) bond motifs is 1. The number of carbonyl (C=O) groups is 1. The summed E-state index contributed by atoms with van der Waals surface area (Å²) < 4.78 is 0. The lowest BCUT2D eigenvalue weighted by molar-refractivity contribution is 0.0770. The number of nitrogens with two attached hydrogens (primary N) is 1. The van der Waals surface area contributed by atoms with E-state index in [9.17, 15) is 9.90 Å². The van der Waals surface area contributed by atoms with Gasteiger partial charge in [0.25, 0.3) is 5.91 Å². The van der Waals surface area contributed by atoms with Gasteiger partial charge < -0.3 is 15.7 Å². The fourth-order valence-corrected chi connectivity index (χ4v) is 2.13. The van der Waals surface area contributed by atoms with Gasteiger partial charge in [0.1, 0.15) is 0 Å². The Hall–Kier alpha value is -2.07. The minimum Gasteiger partial charge on any atom is -0.398 e. The molecule has 1 unspecified atom stereocenters. The smallest absolute Gasteiger partial charge is 0.255 e. The van der Waals surface area contributed by atoms with Crippen LogP contribution in [0.15, 0.2) is 36.4 Å². The molecule has 2 aromatic carbocycles. The molecule has 0 aromatic heterocycles. The van der Waals surface area contributed by atoms with Crippen molar-refractivity contribution < 1.29 is 9.90 Å². The summed E-state index contributed by atoms with van der Waals surface area (Å²) in [6.45, 7) is 2.21. The van der Waals surface area contributed by atoms with Gasteiger partial charge in [-0.15, -0.1) is 0 Å². The maximum atomic E-state index is 12.4. The highest BCUT2D eigenvalue weighted by Gasteiger charge is 2.15. The maximum absolute atomic E-state index is 12.4. The van der Waals surface area contributed by atoms with Gasteiger partial charge in [-0.3, -0.25) is 4.79 Å². The average Bonchev–Trinajstić information content (AvgIpc) is 2.43. The third-order valence-corrected chi connectivity index (χ3v) is 3.38. The Kier molecular flexibility index (Phi) is 4.25. The van der Waals surface area contributed by atoms with E-state index in [0.717, 1.165) is 10.8 Å². The number of carbonyl (C=O) groups excluding carboxylic acids is 1. The number of aliphatic hydroxyl groups excluding tert-OH is 1. The Bertz CT molecular complexity index is 623. The lowest BCUT2D eigenvalue weighted by atomic mass is 10.0. The van der Waals surface area contributed by atoms with Crippen molar-refractivity contribution in [2.24, 2.45) is 0 Å². The molecule has 2 rings (SSSR count). The van der Waals surface area contributed by atoms with Gasteiger partial charge in [-0.05, 0) is 36.2 Å². The van der Waals surface area contributed by atoms with Gasteiger partial charge in [-0.25, -0.2) is 0 Å². The van der Waals surface area contributed by atoms with Crippen LogP contribution in [0.2, 0.25) is 0 Å². The van der Waals surface area contributed by atoms with Crippen LogP contribution in [0, 0.1) is 0 Å². The van der Waals surface area contributed by atoms with Crippen molar-refractivity contribution in [2.75, 3.05) is 19.3 Å². The summed E-state index contributed by atoms with van der Waals surface area (Å²) in [6, 6.07) is 11.5. The molecule has 0 heterocycles. The predicted octanol–water partition coefficient (Wildman–Crippen LogP) is 2.26. The van der Waals surface area contributed by atoms with Crippen LogP contribution in [0.5, 0.6) is 0 Å². The number of nitrogens with zero attached hydrogens (tertiary/aromatic N) is 1. The highest BCUT2D eigenvalue weighted by Crippen LogP contribution is 2.23. The van der Waals surface area contributed by atoms with Crippen LogP contribution in [-0.4, -0.2) is 35.6 Å². The molecule has 3 N–H and O–H groups in total. The number of aliphatic hydroxyl groups is 1. The molecule has 0 saturated carbocycles. The molecule has 2 aromatic rings. The minimum atomic E-state index is -0.417. The van der Waals surface area contributed by atoms with E-state index in [-0.39, 0.29) is 5.91 Å². The van der Waals surface area contributed by atoms with Crippen molar-refractivity contribution >= 4 is 22.4 Å². The number of rotatable bonds is 4. The molecule has 0 aliphatic rings. The zero-order valence-corrected chi connectivity index (χ0v) is 11.8. The first-order chi connectivity index (χ1) is 9.49. The van der Waals surface area contributed by atoms with Gasteiger partial charge in [0, 0.05) is 19.3 Å². The fraction of sp³-hybridized carbons (Fsp3) is 0.312. The first kappa shape index (κ1) is 14.3. The highest BCUT2D eigenvalue weighted by atomic mass is 16.3. The Morgan fingerprint density at radius 2 is 1.90 bits per heavy atom. The zero-order valence-electron chi connectivity index (χ0n) is 11.8. The Morgan fingerprint density at radius 1 is 1.30 bits per heavy atom. The van der Waals surface area contributed by atoms with Crippen molar-refractivity contribution in [3.8, 4) is 0 Å². The summed E-state index contributed by atoms with van der Waals surface area (Å²) in [5, 5.41) is 11.3. The molecule has 4 nitrogen and oxygen atoms in total. The SMILES string of the molecule is CC(O)CCN(C)C(=O)c1cc2ccccc2cc1N. The van der Waals surface area contributed by atoms with Gasteiger partial charge in [0.2, 0.25) is 0 Å². The summed E-state index contributed by atoms with van der Waals surface area (Å²) in [5.74, 6) is -0.117. The van der Waals surface area contributed by atoms with Gasteiger partial charge >= 0.3 is 0 Å². The zero-order chi connectivity index (χ0) is 14.7. The molecular weight excluding hydrogens is 252 g/mol. The molecule has 0 radical (unpaired) electrons. The second kappa shape index (κ2) is 5.92. The van der Waals surface area contributed by atoms with Crippen molar-refractivity contribution in [2.45, 2.75) is 19.4 Å². The Labute approximate surface area is 118 Å². The molecule has 0 aliphatic carbocycles. The van der Waals surface area contributed by atoms with E-state index < -0.39 is 6.10 Å². The van der Waals surface area contributed by atoms with E-state index in [2.05, 4.69) is 0 Å². The van der Waals surface area contributed by atoms with Crippen LogP contribution in [0.3, 0.4) is 0 Å². The van der Waals surface area contributed by atoms with Gasteiger partial charge in [0.05, 0.1) is 11.7 Å². The van der Waals surface area contributed by atoms with Gasteiger partial charge in [-0.1, -0.05) is 24.3 Å². The molecular formula is C16H20N2O2. The monoisotopic (exact) mass is 272 g/mol. The normalized spacial score (nSPS) is 12.3. The molecule has 0 bridgehead atoms. The second-order valence-corrected chi connectivity index (χ2v) is 5.15. The molecule has 0 saturated heterocycles. The van der Waals surface area contributed by atoms with Crippen molar-refractivity contribution in [1.29, 1.82) is 0 Å². The van der Waals surface area contributed by atoms with E-state index in [0.29, 0.717) is 24.2 Å². The summed E-state index contributed by atoms with van der Waals surface area (Å²) in [6.07, 6.45) is 0.134. The van der Waals surface area contributed by atoms with Crippen molar-refractivity contribution in [3.05, 3.63) is 42.0 Å². The summed E-state index contributed by atoms with van der Waals surface area (Å²) in [7, 11) is 1.72. The summed E-state index contributed by atoms with van der Waals surface area (Å²) >= 11 is 0. The summed E-state index contributed by atoms with van der Waals surface area (Å²) in [5.41, 5.74) is 6.98. The second-order valence-electron chi connectivity index (χ2n) is 5.15. The van der Waals surface area contributed by atoms with E-state index >= 15 is 0 Å². The molecule has 0 spiro atoms. The van der Waals surface area contributed by atoms with Crippen LogP contribution in [-0.2, 0) is 0 Å². The van der Waals surface area contributed by atoms with E-state index in [1.54, 1.807) is 18.9 Å². The molecule has 20 heavy (non-hydrogen) atoms. The van der Waals surface area contributed by atoms with E-state index in [1.165, 1.54) is 0 Å². The van der Waals surface area contributed by atoms with E-state index in [1.807, 2.05) is 36.4 Å². The van der Waals surface area contributed by atoms with Crippen LogP contribution in [0.1, 0.15) is 23.7 Å². The number of nitrogen functional groups attached to an aromatic ring is 1. The molecule has 1 atom stereocenters. The molecule has 106 valence electrons. The number of hydrogen-bond acceptors (Lipinski definition) is 3. The summed E-state index contributed by atoms with van der Waals surface area (Å²) in [4.78, 5) is 14.0. The average molecular weight is 272 g/mol.